The van der Waals surface area contributed by atoms with E-state index in [9.17, 15) is 13.5 Å². The number of aliphatic hydroxyl groups excluding tert-OH is 1. The summed E-state index contributed by atoms with van der Waals surface area (Å²) in [7, 11) is -3.54. The molecule has 0 saturated heterocycles. The molecular weight excluding hydrogens is 363 g/mol. The molecule has 0 amide bonds. The van der Waals surface area contributed by atoms with E-state index in [-0.39, 0.29) is 5.75 Å². The molecule has 90 valence electrons. The minimum Gasteiger partial charge on any atom is -0.385 e. The van der Waals surface area contributed by atoms with Crippen LogP contribution in [0, 0.1) is 0 Å². The Morgan fingerprint density at radius 2 is 1.94 bits per heavy atom. The zero-order valence-electron chi connectivity index (χ0n) is 8.60. The Labute approximate surface area is 114 Å². The van der Waals surface area contributed by atoms with Gasteiger partial charge in [0.25, 0.3) is 0 Å². The van der Waals surface area contributed by atoms with Crippen LogP contribution in [-0.4, -0.2) is 21.5 Å². The van der Waals surface area contributed by atoms with Crippen LogP contribution in [0.4, 0.5) is 0 Å². The van der Waals surface area contributed by atoms with Crippen molar-refractivity contribution in [1.29, 1.82) is 0 Å². The Kier molecular flexibility index (Phi) is 4.62. The maximum Gasteiger partial charge on any atom is 0.225 e. The van der Waals surface area contributed by atoms with Gasteiger partial charge in [0.15, 0.2) is 9.84 Å². The van der Waals surface area contributed by atoms with Crippen LogP contribution in [0.25, 0.3) is 0 Å². The molecule has 6 heteroatoms. The number of benzene rings is 1. The predicted octanol–water partition coefficient (Wildman–Crippen LogP) is 2.48. The van der Waals surface area contributed by atoms with Crippen molar-refractivity contribution in [2.24, 2.45) is 0 Å². The van der Waals surface area contributed by atoms with Gasteiger partial charge in [-0.3, -0.25) is 0 Å². The summed E-state index contributed by atoms with van der Waals surface area (Å²) in [6, 6.07) is 8.52. The van der Waals surface area contributed by atoms with E-state index in [1.54, 1.807) is 52.9 Å². The van der Waals surface area contributed by atoms with Gasteiger partial charge in [-0.1, -0.05) is 48.9 Å². The monoisotopic (exact) mass is 374 g/mol. The first-order valence-corrected chi connectivity index (χ1v) is 7.77. The van der Waals surface area contributed by atoms with Gasteiger partial charge >= 0.3 is 0 Å². The van der Waals surface area contributed by atoms with E-state index in [1.165, 1.54) is 6.92 Å². The standard InChI is InChI=1S/C10H12ClIO3S/c1-2-16(14,15)10(11,12)9(13)8-6-4-3-5-7-8/h3-7,9,13H,2H2,1H3/t9-,10-/m0/s1. The van der Waals surface area contributed by atoms with Gasteiger partial charge in [-0.15, -0.1) is 0 Å². The molecule has 16 heavy (non-hydrogen) atoms. The lowest BCUT2D eigenvalue weighted by molar-refractivity contribution is 0.187. The molecule has 0 saturated carbocycles. The molecule has 3 nitrogen and oxygen atoms in total. The maximum absolute atomic E-state index is 11.7. The van der Waals surface area contributed by atoms with Gasteiger partial charge in [-0.05, 0) is 28.2 Å². The van der Waals surface area contributed by atoms with Crippen LogP contribution in [0.15, 0.2) is 30.3 Å². The topological polar surface area (TPSA) is 54.4 Å². The third-order valence-electron chi connectivity index (χ3n) is 2.23. The van der Waals surface area contributed by atoms with Gasteiger partial charge in [0.05, 0.1) is 5.75 Å². The number of alkyl halides is 2. The van der Waals surface area contributed by atoms with Crippen molar-refractivity contribution in [3.05, 3.63) is 35.9 Å². The highest BCUT2D eigenvalue weighted by atomic mass is 127. The highest BCUT2D eigenvalue weighted by molar-refractivity contribution is 14.1. The number of hydrogen-bond acceptors (Lipinski definition) is 3. The predicted molar refractivity (Wildman–Crippen MR) is 73.5 cm³/mol. The third-order valence-corrected chi connectivity index (χ3v) is 7.56. The molecule has 0 aliphatic heterocycles. The lowest BCUT2D eigenvalue weighted by atomic mass is 10.1. The van der Waals surface area contributed by atoms with E-state index < -0.39 is 18.2 Å². The Bertz CT molecular complexity index is 444. The number of sulfone groups is 1. The van der Waals surface area contributed by atoms with Gasteiger partial charge in [0.2, 0.25) is 2.21 Å². The Balaban J connectivity index is 3.11. The van der Waals surface area contributed by atoms with Gasteiger partial charge in [-0.2, -0.15) is 0 Å². The summed E-state index contributed by atoms with van der Waals surface area (Å²) < 4.78 is 21.8. The second-order valence-electron chi connectivity index (χ2n) is 3.28. The molecule has 1 rings (SSSR count). The summed E-state index contributed by atoms with van der Waals surface area (Å²) >= 11 is 7.54. The van der Waals surface area contributed by atoms with Crippen LogP contribution in [0.2, 0.25) is 0 Å². The van der Waals surface area contributed by atoms with E-state index in [2.05, 4.69) is 0 Å². The van der Waals surface area contributed by atoms with Crippen molar-refractivity contribution in [1.82, 2.24) is 0 Å². The van der Waals surface area contributed by atoms with Crippen molar-refractivity contribution < 1.29 is 13.5 Å². The summed E-state index contributed by atoms with van der Waals surface area (Å²) in [5, 5.41) is 10.00. The fourth-order valence-corrected chi connectivity index (χ4v) is 3.80. The molecule has 0 aliphatic carbocycles. The van der Waals surface area contributed by atoms with Crippen molar-refractivity contribution in [2.45, 2.75) is 15.2 Å². The van der Waals surface area contributed by atoms with Gasteiger partial charge < -0.3 is 5.11 Å². The van der Waals surface area contributed by atoms with E-state index in [4.69, 9.17) is 11.6 Å². The van der Waals surface area contributed by atoms with Crippen LogP contribution < -0.4 is 0 Å². The number of hydrogen-bond donors (Lipinski definition) is 1. The lowest BCUT2D eigenvalue weighted by Crippen LogP contribution is -2.34. The summed E-state index contributed by atoms with van der Waals surface area (Å²) in [6.07, 6.45) is -1.25. The molecule has 2 atom stereocenters. The third kappa shape index (κ3) is 2.69. The zero-order chi connectivity index (χ0) is 12.4. The lowest BCUT2D eigenvalue weighted by Gasteiger charge is -2.25. The molecule has 0 unspecified atom stereocenters. The Morgan fingerprint density at radius 1 is 1.44 bits per heavy atom. The maximum atomic E-state index is 11.7. The molecule has 0 radical (unpaired) electrons. The van der Waals surface area contributed by atoms with Crippen LogP contribution in [0.5, 0.6) is 0 Å². The van der Waals surface area contributed by atoms with Crippen molar-refractivity contribution >= 4 is 44.0 Å². The van der Waals surface area contributed by atoms with E-state index in [0.717, 1.165) is 0 Å². The minimum absolute atomic E-state index is 0.108. The number of halogens is 2. The fraction of sp³-hybridized carbons (Fsp3) is 0.400. The molecule has 0 aliphatic rings. The van der Waals surface area contributed by atoms with Gasteiger partial charge in [0, 0.05) is 0 Å². The summed E-state index contributed by atoms with van der Waals surface area (Å²) in [6.45, 7) is 1.50. The average molecular weight is 375 g/mol. The molecular formula is C10H12ClIO3S. The van der Waals surface area contributed by atoms with Crippen LogP contribution in [-0.2, 0) is 9.84 Å². The van der Waals surface area contributed by atoms with E-state index in [1.807, 2.05) is 0 Å². The van der Waals surface area contributed by atoms with Gasteiger partial charge in [0.1, 0.15) is 6.10 Å². The van der Waals surface area contributed by atoms with Crippen LogP contribution in [0.3, 0.4) is 0 Å². The largest absolute Gasteiger partial charge is 0.385 e. The first kappa shape index (κ1) is 14.2. The molecule has 0 heterocycles. The van der Waals surface area contributed by atoms with Gasteiger partial charge in [-0.25, -0.2) is 8.42 Å². The number of aliphatic hydroxyl groups is 1. The second kappa shape index (κ2) is 5.20. The van der Waals surface area contributed by atoms with Crippen LogP contribution in [0.1, 0.15) is 18.6 Å². The normalized spacial score (nSPS) is 17.8. The van der Waals surface area contributed by atoms with E-state index in [0.29, 0.717) is 5.56 Å². The average Bonchev–Trinajstić information content (AvgIpc) is 2.29. The highest BCUT2D eigenvalue weighted by Gasteiger charge is 2.45. The molecule has 1 aromatic carbocycles. The zero-order valence-corrected chi connectivity index (χ0v) is 12.3. The molecule has 0 fully saturated rings. The smallest absolute Gasteiger partial charge is 0.225 e. The minimum atomic E-state index is -3.54. The van der Waals surface area contributed by atoms with Crippen molar-refractivity contribution in [3.63, 3.8) is 0 Å². The highest BCUT2D eigenvalue weighted by Crippen LogP contribution is 2.43. The summed E-state index contributed by atoms with van der Waals surface area (Å²) in [4.78, 5) is 0. The van der Waals surface area contributed by atoms with E-state index >= 15 is 0 Å². The quantitative estimate of drug-likeness (QED) is 0.651. The fourth-order valence-electron chi connectivity index (χ4n) is 1.19. The van der Waals surface area contributed by atoms with Crippen molar-refractivity contribution in [3.8, 4) is 0 Å². The first-order valence-electron chi connectivity index (χ1n) is 4.66. The first-order chi connectivity index (χ1) is 7.33. The molecule has 1 aromatic rings. The Morgan fingerprint density at radius 3 is 2.38 bits per heavy atom. The van der Waals surface area contributed by atoms with Crippen LogP contribution >= 0.6 is 34.2 Å². The van der Waals surface area contributed by atoms with Crippen molar-refractivity contribution in [2.75, 3.05) is 5.75 Å². The number of rotatable bonds is 4. The molecule has 1 N–H and O–H groups in total. The Hall–Kier alpha value is 0.150. The SMILES string of the molecule is CCS(=O)(=O)[C@@](Cl)(I)[C@@H](O)c1ccccc1. The molecule has 0 aromatic heterocycles. The summed E-state index contributed by atoms with van der Waals surface area (Å²) in [5.41, 5.74) is 0.490. The second-order valence-corrected chi connectivity index (χ2v) is 9.62. The summed E-state index contributed by atoms with van der Waals surface area (Å²) in [5.74, 6) is -0.108. The molecule has 0 spiro atoms. The molecule has 0 bridgehead atoms.